The smallest absolute Gasteiger partial charge is 0.259 e. The highest BCUT2D eigenvalue weighted by Gasteiger charge is 2.14. The molecule has 32 heavy (non-hydrogen) atoms. The standard InChI is InChI=1S/C21H21ClN4O4S2/c1-29-16-8-7-13(11-17(16)30-2)9-10-23-18(27)12-31-21-26-25-20(32-21)24-19(28)14-5-3-4-6-15(14)22/h3-8,11H,9-10,12H2,1-2H3,(H,23,27)(H,24,25,28). The summed E-state index contributed by atoms with van der Waals surface area (Å²) >= 11 is 8.47. The summed E-state index contributed by atoms with van der Waals surface area (Å²) in [7, 11) is 3.17. The van der Waals surface area contributed by atoms with Gasteiger partial charge in [0.15, 0.2) is 15.8 Å². The molecule has 3 aromatic rings. The lowest BCUT2D eigenvalue weighted by atomic mass is 10.1. The Hall–Kier alpha value is -2.82. The minimum atomic E-state index is -0.365. The molecule has 11 heteroatoms. The second kappa shape index (κ2) is 11.7. The normalized spacial score (nSPS) is 10.5. The number of hydrogen-bond acceptors (Lipinski definition) is 8. The molecule has 0 aliphatic carbocycles. The number of nitrogens with zero attached hydrogens (tertiary/aromatic N) is 2. The Labute approximate surface area is 198 Å². The third kappa shape index (κ3) is 6.59. The summed E-state index contributed by atoms with van der Waals surface area (Å²) in [6.07, 6.45) is 0.661. The largest absolute Gasteiger partial charge is 0.493 e. The average Bonchev–Trinajstić information content (AvgIpc) is 3.25. The van der Waals surface area contributed by atoms with Gasteiger partial charge in [0, 0.05) is 6.54 Å². The summed E-state index contributed by atoms with van der Waals surface area (Å²) in [6, 6.07) is 12.4. The molecule has 0 aliphatic rings. The average molecular weight is 493 g/mol. The minimum Gasteiger partial charge on any atom is -0.493 e. The van der Waals surface area contributed by atoms with E-state index in [0.717, 1.165) is 5.56 Å². The van der Waals surface area contributed by atoms with E-state index in [4.69, 9.17) is 21.1 Å². The number of amides is 2. The minimum absolute atomic E-state index is 0.118. The molecule has 0 atom stereocenters. The van der Waals surface area contributed by atoms with Crippen LogP contribution in [0.1, 0.15) is 15.9 Å². The number of nitrogens with one attached hydrogen (secondary N) is 2. The molecule has 1 heterocycles. The van der Waals surface area contributed by atoms with Crippen LogP contribution < -0.4 is 20.1 Å². The highest BCUT2D eigenvalue weighted by molar-refractivity contribution is 8.01. The van der Waals surface area contributed by atoms with Crippen LogP contribution in [0.2, 0.25) is 5.02 Å². The first-order valence-electron chi connectivity index (χ1n) is 9.50. The molecule has 0 saturated carbocycles. The summed E-state index contributed by atoms with van der Waals surface area (Å²) in [5, 5.41) is 14.2. The number of methoxy groups -OCH3 is 2. The number of aromatic nitrogens is 2. The van der Waals surface area contributed by atoms with Crippen molar-refractivity contribution in [3.63, 3.8) is 0 Å². The molecule has 3 rings (SSSR count). The molecule has 1 aromatic heterocycles. The summed E-state index contributed by atoms with van der Waals surface area (Å²) in [5.74, 6) is 1.03. The molecule has 2 aromatic carbocycles. The van der Waals surface area contributed by atoms with Crippen LogP contribution in [0.5, 0.6) is 11.5 Å². The number of benzene rings is 2. The molecule has 0 saturated heterocycles. The van der Waals surface area contributed by atoms with Crippen molar-refractivity contribution in [2.75, 3.05) is 31.8 Å². The Bertz CT molecular complexity index is 1090. The maximum atomic E-state index is 12.3. The van der Waals surface area contributed by atoms with E-state index in [1.807, 2.05) is 18.2 Å². The van der Waals surface area contributed by atoms with E-state index >= 15 is 0 Å². The number of halogens is 1. The highest BCUT2D eigenvalue weighted by Crippen LogP contribution is 2.28. The molecule has 0 unspecified atom stereocenters. The summed E-state index contributed by atoms with van der Waals surface area (Å²) in [5.41, 5.74) is 1.38. The van der Waals surface area contributed by atoms with Crippen molar-refractivity contribution in [3.05, 3.63) is 58.6 Å². The summed E-state index contributed by atoms with van der Waals surface area (Å²) < 4.78 is 11.1. The van der Waals surface area contributed by atoms with E-state index in [0.29, 0.717) is 44.5 Å². The van der Waals surface area contributed by atoms with E-state index in [1.54, 1.807) is 38.5 Å². The first-order chi connectivity index (χ1) is 15.5. The Morgan fingerprint density at radius 2 is 1.88 bits per heavy atom. The Kier molecular flexibility index (Phi) is 8.72. The van der Waals surface area contributed by atoms with Crippen molar-refractivity contribution in [2.45, 2.75) is 10.8 Å². The number of rotatable bonds is 10. The van der Waals surface area contributed by atoms with Gasteiger partial charge in [0.1, 0.15) is 0 Å². The van der Waals surface area contributed by atoms with E-state index in [9.17, 15) is 9.59 Å². The van der Waals surface area contributed by atoms with Crippen LogP contribution in [-0.2, 0) is 11.2 Å². The van der Waals surface area contributed by atoms with E-state index < -0.39 is 0 Å². The highest BCUT2D eigenvalue weighted by atomic mass is 35.5. The van der Waals surface area contributed by atoms with Gasteiger partial charge in [-0.2, -0.15) is 0 Å². The molecular formula is C21H21ClN4O4S2. The van der Waals surface area contributed by atoms with Crippen LogP contribution in [-0.4, -0.2) is 48.5 Å². The number of carbonyl (C=O) groups is 2. The fourth-order valence-corrected chi connectivity index (χ4v) is 4.49. The van der Waals surface area contributed by atoms with Gasteiger partial charge < -0.3 is 14.8 Å². The van der Waals surface area contributed by atoms with Gasteiger partial charge in [0.2, 0.25) is 11.0 Å². The van der Waals surface area contributed by atoms with Crippen molar-refractivity contribution in [1.82, 2.24) is 15.5 Å². The van der Waals surface area contributed by atoms with Gasteiger partial charge in [0.25, 0.3) is 5.91 Å². The lowest BCUT2D eigenvalue weighted by Crippen LogP contribution is -2.27. The quantitative estimate of drug-likeness (QED) is 0.326. The van der Waals surface area contributed by atoms with Crippen LogP contribution in [0.4, 0.5) is 5.13 Å². The molecule has 168 valence electrons. The zero-order chi connectivity index (χ0) is 22.9. The molecule has 0 aliphatic heterocycles. The van der Waals surface area contributed by atoms with Crippen LogP contribution >= 0.6 is 34.7 Å². The van der Waals surface area contributed by atoms with E-state index in [1.165, 1.54) is 23.1 Å². The van der Waals surface area contributed by atoms with Crippen molar-refractivity contribution in [1.29, 1.82) is 0 Å². The first-order valence-corrected chi connectivity index (χ1v) is 11.7. The second-order valence-electron chi connectivity index (χ2n) is 6.39. The van der Waals surface area contributed by atoms with E-state index in [-0.39, 0.29) is 17.6 Å². The maximum Gasteiger partial charge on any atom is 0.259 e. The summed E-state index contributed by atoms with van der Waals surface area (Å²) in [6.45, 7) is 0.490. The van der Waals surface area contributed by atoms with Gasteiger partial charge in [-0.05, 0) is 36.2 Å². The number of carbonyl (C=O) groups excluding carboxylic acids is 2. The van der Waals surface area contributed by atoms with Crippen LogP contribution in [0.3, 0.4) is 0 Å². The maximum absolute atomic E-state index is 12.3. The zero-order valence-electron chi connectivity index (χ0n) is 17.4. The molecule has 2 amide bonds. The molecular weight excluding hydrogens is 472 g/mol. The first kappa shape index (κ1) is 23.8. The van der Waals surface area contributed by atoms with Crippen molar-refractivity contribution in [3.8, 4) is 11.5 Å². The Balaban J connectivity index is 1.42. The fraction of sp³-hybridized carbons (Fsp3) is 0.238. The van der Waals surface area contributed by atoms with E-state index in [2.05, 4.69) is 20.8 Å². The molecule has 0 radical (unpaired) electrons. The topological polar surface area (TPSA) is 102 Å². The van der Waals surface area contributed by atoms with Crippen LogP contribution in [0.15, 0.2) is 46.8 Å². The zero-order valence-corrected chi connectivity index (χ0v) is 19.8. The Morgan fingerprint density at radius 3 is 2.62 bits per heavy atom. The molecule has 0 bridgehead atoms. The SMILES string of the molecule is COc1ccc(CCNC(=O)CSc2nnc(NC(=O)c3ccccc3Cl)s2)cc1OC. The molecule has 0 spiro atoms. The van der Waals surface area contributed by atoms with Crippen LogP contribution in [0, 0.1) is 0 Å². The lowest BCUT2D eigenvalue weighted by molar-refractivity contribution is -0.118. The third-order valence-electron chi connectivity index (χ3n) is 4.26. The number of ether oxygens (including phenoxy) is 2. The van der Waals surface area contributed by atoms with Gasteiger partial charge in [-0.15, -0.1) is 10.2 Å². The molecule has 0 fully saturated rings. The predicted molar refractivity (Wildman–Crippen MR) is 126 cm³/mol. The second-order valence-corrected chi connectivity index (χ2v) is 8.99. The monoisotopic (exact) mass is 492 g/mol. The van der Waals surface area contributed by atoms with Gasteiger partial charge in [-0.3, -0.25) is 14.9 Å². The number of anilines is 1. The number of thioether (sulfide) groups is 1. The van der Waals surface area contributed by atoms with Crippen molar-refractivity contribution >= 4 is 51.6 Å². The third-order valence-corrected chi connectivity index (χ3v) is 6.56. The number of hydrogen-bond donors (Lipinski definition) is 2. The molecule has 8 nitrogen and oxygen atoms in total. The van der Waals surface area contributed by atoms with Crippen LogP contribution in [0.25, 0.3) is 0 Å². The predicted octanol–water partition coefficient (Wildman–Crippen LogP) is 3.91. The Morgan fingerprint density at radius 1 is 1.09 bits per heavy atom. The van der Waals surface area contributed by atoms with Gasteiger partial charge in [-0.1, -0.05) is 52.9 Å². The van der Waals surface area contributed by atoms with Gasteiger partial charge in [-0.25, -0.2) is 0 Å². The van der Waals surface area contributed by atoms with Gasteiger partial charge in [0.05, 0.1) is 30.6 Å². The summed E-state index contributed by atoms with van der Waals surface area (Å²) in [4.78, 5) is 24.4. The van der Waals surface area contributed by atoms with Crippen molar-refractivity contribution in [2.24, 2.45) is 0 Å². The van der Waals surface area contributed by atoms with Gasteiger partial charge >= 0.3 is 0 Å². The lowest BCUT2D eigenvalue weighted by Gasteiger charge is -2.10. The fourth-order valence-electron chi connectivity index (χ4n) is 2.69. The molecule has 2 N–H and O–H groups in total. The van der Waals surface area contributed by atoms with Crippen molar-refractivity contribution < 1.29 is 19.1 Å².